The number of rotatable bonds is 4. The molecule has 0 aliphatic heterocycles. The third-order valence-corrected chi connectivity index (χ3v) is 2.60. The Balaban J connectivity index is 2.08. The summed E-state index contributed by atoms with van der Waals surface area (Å²) in [5.74, 6) is 1.51. The highest BCUT2D eigenvalue weighted by Gasteiger charge is 1.99. The summed E-state index contributed by atoms with van der Waals surface area (Å²) in [6, 6.07) is 11.6. The number of hydrogen-bond donors (Lipinski definition) is 0. The molecule has 0 saturated heterocycles. The van der Waals surface area contributed by atoms with Gasteiger partial charge in [0.1, 0.15) is 16.7 Å². The van der Waals surface area contributed by atoms with Crippen LogP contribution in [0, 0.1) is 0 Å². The van der Waals surface area contributed by atoms with Crippen LogP contribution in [0.2, 0.25) is 5.15 Å². The van der Waals surface area contributed by atoms with Crippen LogP contribution in [0.5, 0.6) is 11.5 Å². The maximum Gasteiger partial charge on any atom is 0.132 e. The molecule has 1 aromatic heterocycles. The van der Waals surface area contributed by atoms with Crippen LogP contribution >= 0.6 is 11.6 Å². The largest absolute Gasteiger partial charge is 0.457 e. The number of benzene rings is 1. The standard InChI is InChI=1S/C14H14ClNO/c1-2-3-11-4-6-12(7-5-11)17-13-8-9-16-14(15)10-13/h4-10H,2-3H2,1H3. The summed E-state index contributed by atoms with van der Waals surface area (Å²) in [6.07, 6.45) is 3.88. The lowest BCUT2D eigenvalue weighted by molar-refractivity contribution is 0.482. The molecule has 0 saturated carbocycles. The fourth-order valence-corrected chi connectivity index (χ4v) is 1.76. The lowest BCUT2D eigenvalue weighted by atomic mass is 10.1. The molecule has 0 amide bonds. The Morgan fingerprint density at radius 2 is 1.88 bits per heavy atom. The van der Waals surface area contributed by atoms with Crippen molar-refractivity contribution in [1.82, 2.24) is 4.98 Å². The van der Waals surface area contributed by atoms with Gasteiger partial charge in [-0.2, -0.15) is 0 Å². The smallest absolute Gasteiger partial charge is 0.132 e. The van der Waals surface area contributed by atoms with Crippen molar-refractivity contribution in [2.75, 3.05) is 0 Å². The van der Waals surface area contributed by atoms with Gasteiger partial charge in [0.2, 0.25) is 0 Å². The second kappa shape index (κ2) is 5.69. The highest BCUT2D eigenvalue weighted by molar-refractivity contribution is 6.29. The molecule has 0 aliphatic rings. The van der Waals surface area contributed by atoms with Crippen LogP contribution < -0.4 is 4.74 Å². The van der Waals surface area contributed by atoms with Crippen LogP contribution in [0.1, 0.15) is 18.9 Å². The lowest BCUT2D eigenvalue weighted by Crippen LogP contribution is -1.87. The van der Waals surface area contributed by atoms with E-state index in [0.29, 0.717) is 10.9 Å². The summed E-state index contributed by atoms with van der Waals surface area (Å²) in [5, 5.41) is 0.435. The number of aromatic nitrogens is 1. The number of halogens is 1. The van der Waals surface area contributed by atoms with E-state index < -0.39 is 0 Å². The Kier molecular flexibility index (Phi) is 3.99. The molecule has 0 fully saturated rings. The predicted octanol–water partition coefficient (Wildman–Crippen LogP) is 4.48. The van der Waals surface area contributed by atoms with E-state index in [4.69, 9.17) is 16.3 Å². The molecule has 0 atom stereocenters. The van der Waals surface area contributed by atoms with Crippen LogP contribution in [0.25, 0.3) is 0 Å². The van der Waals surface area contributed by atoms with Crippen molar-refractivity contribution in [2.24, 2.45) is 0 Å². The third-order valence-electron chi connectivity index (χ3n) is 2.40. The van der Waals surface area contributed by atoms with Crippen molar-refractivity contribution in [3.05, 3.63) is 53.3 Å². The Hall–Kier alpha value is -1.54. The zero-order valence-corrected chi connectivity index (χ0v) is 10.4. The maximum atomic E-state index is 5.79. The van der Waals surface area contributed by atoms with Gasteiger partial charge in [-0.1, -0.05) is 37.1 Å². The monoisotopic (exact) mass is 247 g/mol. The molecular weight excluding hydrogens is 234 g/mol. The molecule has 0 unspecified atom stereocenters. The molecule has 3 heteroatoms. The highest BCUT2D eigenvalue weighted by atomic mass is 35.5. The van der Waals surface area contributed by atoms with E-state index in [1.807, 2.05) is 12.1 Å². The summed E-state index contributed by atoms with van der Waals surface area (Å²) in [5.41, 5.74) is 1.33. The van der Waals surface area contributed by atoms with Gasteiger partial charge in [0.15, 0.2) is 0 Å². The normalized spacial score (nSPS) is 10.2. The van der Waals surface area contributed by atoms with Gasteiger partial charge in [0.05, 0.1) is 0 Å². The molecule has 88 valence electrons. The minimum Gasteiger partial charge on any atom is -0.457 e. The zero-order valence-electron chi connectivity index (χ0n) is 9.69. The lowest BCUT2D eigenvalue weighted by Gasteiger charge is -2.06. The number of ether oxygens (including phenoxy) is 1. The van der Waals surface area contributed by atoms with Crippen molar-refractivity contribution in [2.45, 2.75) is 19.8 Å². The van der Waals surface area contributed by atoms with Crippen LogP contribution in [0.15, 0.2) is 42.6 Å². The molecule has 0 spiro atoms. The Morgan fingerprint density at radius 3 is 2.53 bits per heavy atom. The van der Waals surface area contributed by atoms with Gasteiger partial charge in [-0.05, 0) is 30.2 Å². The molecule has 17 heavy (non-hydrogen) atoms. The van der Waals surface area contributed by atoms with Gasteiger partial charge in [-0.15, -0.1) is 0 Å². The molecular formula is C14H14ClNO. The fraction of sp³-hybridized carbons (Fsp3) is 0.214. The topological polar surface area (TPSA) is 22.1 Å². The summed E-state index contributed by atoms with van der Waals surface area (Å²) in [4.78, 5) is 3.91. The molecule has 2 rings (SSSR count). The quantitative estimate of drug-likeness (QED) is 0.743. The zero-order chi connectivity index (χ0) is 12.1. The summed E-state index contributed by atoms with van der Waals surface area (Å²) in [7, 11) is 0. The molecule has 0 bridgehead atoms. The molecule has 2 aromatic rings. The minimum absolute atomic E-state index is 0.435. The van der Waals surface area contributed by atoms with Gasteiger partial charge >= 0.3 is 0 Å². The molecule has 1 aromatic carbocycles. The molecule has 0 aliphatic carbocycles. The first-order valence-electron chi connectivity index (χ1n) is 5.66. The number of pyridine rings is 1. The molecule has 1 heterocycles. The van der Waals surface area contributed by atoms with Crippen molar-refractivity contribution >= 4 is 11.6 Å². The maximum absolute atomic E-state index is 5.79. The van der Waals surface area contributed by atoms with Gasteiger partial charge in [0, 0.05) is 12.3 Å². The van der Waals surface area contributed by atoms with E-state index in [0.717, 1.165) is 18.6 Å². The van der Waals surface area contributed by atoms with E-state index in [-0.39, 0.29) is 0 Å². The minimum atomic E-state index is 0.435. The Morgan fingerprint density at radius 1 is 1.12 bits per heavy atom. The average Bonchev–Trinajstić information content (AvgIpc) is 2.32. The van der Waals surface area contributed by atoms with E-state index in [9.17, 15) is 0 Å². The summed E-state index contributed by atoms with van der Waals surface area (Å²) in [6.45, 7) is 2.17. The fourth-order valence-electron chi connectivity index (χ4n) is 1.60. The first-order chi connectivity index (χ1) is 8.28. The number of aryl methyl sites for hydroxylation is 1. The predicted molar refractivity (Wildman–Crippen MR) is 69.8 cm³/mol. The Bertz CT molecular complexity index is 482. The highest BCUT2D eigenvalue weighted by Crippen LogP contribution is 2.23. The molecule has 2 nitrogen and oxygen atoms in total. The number of hydrogen-bond acceptors (Lipinski definition) is 2. The van der Waals surface area contributed by atoms with Crippen molar-refractivity contribution in [3.63, 3.8) is 0 Å². The van der Waals surface area contributed by atoms with Gasteiger partial charge < -0.3 is 4.74 Å². The van der Waals surface area contributed by atoms with Gasteiger partial charge in [-0.25, -0.2) is 4.98 Å². The van der Waals surface area contributed by atoms with Crippen molar-refractivity contribution in [3.8, 4) is 11.5 Å². The first-order valence-corrected chi connectivity index (χ1v) is 6.04. The van der Waals surface area contributed by atoms with Gasteiger partial charge in [0.25, 0.3) is 0 Å². The van der Waals surface area contributed by atoms with E-state index >= 15 is 0 Å². The number of nitrogens with zero attached hydrogens (tertiary/aromatic N) is 1. The molecule has 0 N–H and O–H groups in total. The first kappa shape index (κ1) is 11.9. The third kappa shape index (κ3) is 3.46. The Labute approximate surface area is 106 Å². The summed E-state index contributed by atoms with van der Waals surface area (Å²) < 4.78 is 5.67. The average molecular weight is 248 g/mol. The second-order valence-corrected chi connectivity index (χ2v) is 4.20. The van der Waals surface area contributed by atoms with Crippen LogP contribution in [0.3, 0.4) is 0 Å². The van der Waals surface area contributed by atoms with Gasteiger partial charge in [-0.3, -0.25) is 0 Å². The second-order valence-electron chi connectivity index (χ2n) is 3.81. The van der Waals surface area contributed by atoms with Crippen molar-refractivity contribution < 1.29 is 4.74 Å². The summed E-state index contributed by atoms with van der Waals surface area (Å²) >= 11 is 5.79. The molecule has 0 radical (unpaired) electrons. The van der Waals surface area contributed by atoms with E-state index in [1.165, 1.54) is 5.56 Å². The van der Waals surface area contributed by atoms with Crippen LogP contribution in [-0.4, -0.2) is 4.98 Å². The van der Waals surface area contributed by atoms with E-state index in [2.05, 4.69) is 24.0 Å². The van der Waals surface area contributed by atoms with Crippen LogP contribution in [-0.2, 0) is 6.42 Å². The van der Waals surface area contributed by atoms with Crippen LogP contribution in [0.4, 0.5) is 0 Å². The van der Waals surface area contributed by atoms with E-state index in [1.54, 1.807) is 18.3 Å². The van der Waals surface area contributed by atoms with Crippen molar-refractivity contribution in [1.29, 1.82) is 0 Å². The SMILES string of the molecule is CCCc1ccc(Oc2ccnc(Cl)c2)cc1.